The summed E-state index contributed by atoms with van der Waals surface area (Å²) in [7, 11) is 1.60. The van der Waals surface area contributed by atoms with E-state index in [0.717, 1.165) is 41.4 Å². The molecule has 1 N–H and O–H groups in total. The van der Waals surface area contributed by atoms with Crippen molar-refractivity contribution in [2.75, 3.05) is 12.4 Å². The molecule has 8 heteroatoms. The van der Waals surface area contributed by atoms with Crippen molar-refractivity contribution in [1.82, 2.24) is 19.9 Å². The van der Waals surface area contributed by atoms with Crippen LogP contribution in [-0.2, 0) is 22.7 Å². The minimum absolute atomic E-state index is 0.0126. The number of hydrogen-bond acceptors (Lipinski definition) is 5. The Hall–Kier alpha value is -4.46. The summed E-state index contributed by atoms with van der Waals surface area (Å²) >= 11 is 0. The number of benzene rings is 3. The van der Waals surface area contributed by atoms with Crippen LogP contribution in [0.15, 0.2) is 84.9 Å². The number of hydrogen-bond donors (Lipinski definition) is 1. The average molecular weight is 524 g/mol. The lowest BCUT2D eigenvalue weighted by atomic mass is 9.85. The number of allylic oxidation sites excluding steroid dienone is 2. The van der Waals surface area contributed by atoms with Crippen molar-refractivity contribution in [3.05, 3.63) is 96.1 Å². The van der Waals surface area contributed by atoms with Crippen LogP contribution in [0.3, 0.4) is 0 Å². The third-order valence-corrected chi connectivity index (χ3v) is 7.35. The molecule has 3 aromatic carbocycles. The quantitative estimate of drug-likeness (QED) is 0.307. The highest BCUT2D eigenvalue weighted by atomic mass is 16.5. The molecule has 0 saturated heterocycles. The maximum absolute atomic E-state index is 14.1. The molecule has 0 fully saturated rings. The molecule has 39 heavy (non-hydrogen) atoms. The first-order valence-corrected chi connectivity index (χ1v) is 13.3. The summed E-state index contributed by atoms with van der Waals surface area (Å²) in [6, 6.07) is 22.1. The van der Waals surface area contributed by atoms with E-state index < -0.39 is 6.04 Å². The molecule has 5 rings (SSSR count). The van der Waals surface area contributed by atoms with Crippen molar-refractivity contribution in [2.45, 2.75) is 45.3 Å². The van der Waals surface area contributed by atoms with Gasteiger partial charge in [0.15, 0.2) is 0 Å². The first-order valence-electron chi connectivity index (χ1n) is 13.3. The van der Waals surface area contributed by atoms with Gasteiger partial charge in [0.2, 0.25) is 11.8 Å². The van der Waals surface area contributed by atoms with Crippen LogP contribution >= 0.6 is 0 Å². The summed E-state index contributed by atoms with van der Waals surface area (Å²) in [5, 5.41) is 11.5. The van der Waals surface area contributed by atoms with Gasteiger partial charge in [0.1, 0.15) is 23.9 Å². The van der Waals surface area contributed by atoms with Gasteiger partial charge in [-0.2, -0.15) is 0 Å². The van der Waals surface area contributed by atoms with Gasteiger partial charge in [-0.25, -0.2) is 4.68 Å². The summed E-state index contributed by atoms with van der Waals surface area (Å²) in [5.41, 5.74) is 4.23. The van der Waals surface area contributed by atoms with E-state index in [1.807, 2.05) is 67.6 Å². The van der Waals surface area contributed by atoms with Crippen LogP contribution in [-0.4, -0.2) is 44.9 Å². The highest BCUT2D eigenvalue weighted by molar-refractivity contribution is 5.97. The lowest BCUT2D eigenvalue weighted by molar-refractivity contribution is -0.142. The van der Waals surface area contributed by atoms with E-state index in [9.17, 15) is 9.59 Å². The fraction of sp³-hybridized carbons (Fsp3) is 0.290. The number of para-hydroxylation sites is 1. The summed E-state index contributed by atoms with van der Waals surface area (Å²) in [4.78, 5) is 29.9. The fourth-order valence-electron chi connectivity index (χ4n) is 5.17. The number of nitrogens with one attached hydrogen (secondary N) is 1. The van der Waals surface area contributed by atoms with E-state index in [1.54, 1.807) is 28.8 Å². The summed E-state index contributed by atoms with van der Waals surface area (Å²) in [6.07, 6.45) is 6.68. The van der Waals surface area contributed by atoms with Gasteiger partial charge in [0.05, 0.1) is 12.6 Å². The standard InChI is InChI=1S/C31H33N5O3/c1-22-10-6-7-13-24(22)20-35(29(37)21-36-28-15-9-8-14-27(28)33-34-36)30(23-11-4-3-5-12-23)31(38)32-25-16-18-26(39-2)19-17-25/h3-4,6-10,13-19,23,30H,5,11-12,20-21H2,1-2H3,(H,32,38)/t23-,30+/m1/s1. The van der Waals surface area contributed by atoms with E-state index in [2.05, 4.69) is 27.8 Å². The molecule has 8 nitrogen and oxygen atoms in total. The fourth-order valence-corrected chi connectivity index (χ4v) is 5.17. The van der Waals surface area contributed by atoms with E-state index in [1.165, 1.54) is 0 Å². The number of rotatable bonds is 9. The topological polar surface area (TPSA) is 89.4 Å². The van der Waals surface area contributed by atoms with Gasteiger partial charge in [0.25, 0.3) is 0 Å². The van der Waals surface area contributed by atoms with Gasteiger partial charge >= 0.3 is 0 Å². The maximum atomic E-state index is 14.1. The van der Waals surface area contributed by atoms with Crippen LogP contribution in [0.1, 0.15) is 30.4 Å². The van der Waals surface area contributed by atoms with Crippen LogP contribution in [0.5, 0.6) is 5.75 Å². The predicted octanol–water partition coefficient (Wildman–Crippen LogP) is 5.14. The number of fused-ring (bicyclic) bond motifs is 1. The zero-order valence-electron chi connectivity index (χ0n) is 22.3. The SMILES string of the molecule is COc1ccc(NC(=O)[C@H]([C@@H]2CC=CCC2)N(Cc2ccccc2C)C(=O)Cn2nnc3ccccc32)cc1. The van der Waals surface area contributed by atoms with Crippen molar-refractivity contribution in [1.29, 1.82) is 0 Å². The molecular formula is C31H33N5O3. The maximum Gasteiger partial charge on any atom is 0.247 e. The van der Waals surface area contributed by atoms with Crippen molar-refractivity contribution in [3.8, 4) is 5.75 Å². The highest BCUT2D eigenvalue weighted by Gasteiger charge is 2.37. The second-order valence-electron chi connectivity index (χ2n) is 9.89. The zero-order chi connectivity index (χ0) is 27.2. The lowest BCUT2D eigenvalue weighted by Crippen LogP contribution is -2.52. The molecule has 0 aliphatic heterocycles. The van der Waals surface area contributed by atoms with Crippen molar-refractivity contribution in [2.24, 2.45) is 5.92 Å². The third-order valence-electron chi connectivity index (χ3n) is 7.35. The number of nitrogens with zero attached hydrogens (tertiary/aromatic N) is 4. The molecule has 1 aromatic heterocycles. The average Bonchev–Trinajstić information content (AvgIpc) is 3.37. The van der Waals surface area contributed by atoms with Crippen molar-refractivity contribution < 1.29 is 14.3 Å². The third kappa shape index (κ3) is 6.00. The van der Waals surface area contributed by atoms with E-state index in [0.29, 0.717) is 18.0 Å². The molecule has 1 heterocycles. The molecule has 0 unspecified atom stereocenters. The molecular weight excluding hydrogens is 490 g/mol. The van der Waals surface area contributed by atoms with Crippen LogP contribution in [0.2, 0.25) is 0 Å². The van der Waals surface area contributed by atoms with E-state index >= 15 is 0 Å². The Balaban J connectivity index is 1.50. The predicted molar refractivity (Wildman–Crippen MR) is 151 cm³/mol. The Morgan fingerprint density at radius 2 is 1.82 bits per heavy atom. The van der Waals surface area contributed by atoms with Gasteiger partial charge in [0, 0.05) is 12.2 Å². The Labute approximate surface area is 228 Å². The normalized spacial score (nSPS) is 15.6. The lowest BCUT2D eigenvalue weighted by Gasteiger charge is -2.37. The largest absolute Gasteiger partial charge is 0.497 e. The minimum atomic E-state index is -0.668. The molecule has 0 bridgehead atoms. The first kappa shape index (κ1) is 26.2. The van der Waals surface area contributed by atoms with Crippen LogP contribution in [0.4, 0.5) is 5.69 Å². The highest BCUT2D eigenvalue weighted by Crippen LogP contribution is 2.29. The number of carbonyl (C=O) groups is 2. The number of ether oxygens (including phenoxy) is 1. The molecule has 0 saturated carbocycles. The van der Waals surface area contributed by atoms with Crippen LogP contribution in [0.25, 0.3) is 11.0 Å². The van der Waals surface area contributed by atoms with Crippen molar-refractivity contribution >= 4 is 28.5 Å². The van der Waals surface area contributed by atoms with Crippen LogP contribution < -0.4 is 10.1 Å². The Morgan fingerprint density at radius 3 is 2.56 bits per heavy atom. The second kappa shape index (κ2) is 11.9. The number of anilines is 1. The number of amides is 2. The monoisotopic (exact) mass is 523 g/mol. The molecule has 2 amide bonds. The molecule has 1 aliphatic rings. The van der Waals surface area contributed by atoms with Crippen LogP contribution in [0, 0.1) is 12.8 Å². The van der Waals surface area contributed by atoms with Gasteiger partial charge in [-0.15, -0.1) is 5.10 Å². The minimum Gasteiger partial charge on any atom is -0.497 e. The van der Waals surface area contributed by atoms with Gasteiger partial charge in [-0.1, -0.05) is 53.8 Å². The van der Waals surface area contributed by atoms with Gasteiger partial charge in [-0.3, -0.25) is 9.59 Å². The molecule has 2 atom stereocenters. The van der Waals surface area contributed by atoms with Gasteiger partial charge < -0.3 is 15.0 Å². The number of aryl methyl sites for hydroxylation is 1. The van der Waals surface area contributed by atoms with Crippen molar-refractivity contribution in [3.63, 3.8) is 0 Å². The first-order chi connectivity index (χ1) is 19.0. The Kier molecular flexibility index (Phi) is 8.01. The Bertz CT molecular complexity index is 1480. The zero-order valence-corrected chi connectivity index (χ0v) is 22.3. The molecule has 0 spiro atoms. The number of aromatic nitrogens is 3. The smallest absolute Gasteiger partial charge is 0.247 e. The Morgan fingerprint density at radius 1 is 1.05 bits per heavy atom. The van der Waals surface area contributed by atoms with E-state index in [-0.39, 0.29) is 24.3 Å². The summed E-state index contributed by atoms with van der Waals surface area (Å²) < 4.78 is 6.87. The molecule has 200 valence electrons. The number of methoxy groups -OCH3 is 1. The molecule has 4 aromatic rings. The summed E-state index contributed by atoms with van der Waals surface area (Å²) in [5.74, 6) is 0.302. The van der Waals surface area contributed by atoms with Gasteiger partial charge in [-0.05, 0) is 79.6 Å². The second-order valence-corrected chi connectivity index (χ2v) is 9.89. The van der Waals surface area contributed by atoms with E-state index in [4.69, 9.17) is 4.74 Å². The number of carbonyl (C=O) groups excluding carboxylic acids is 2. The molecule has 0 radical (unpaired) electrons. The molecule has 1 aliphatic carbocycles. The summed E-state index contributed by atoms with van der Waals surface area (Å²) in [6.45, 7) is 2.33.